The van der Waals surface area contributed by atoms with Crippen LogP contribution in [0.1, 0.15) is 32.3 Å². The molecule has 1 atom stereocenters. The third-order valence-electron chi connectivity index (χ3n) is 2.58. The number of ether oxygens (including phenoxy) is 1. The van der Waals surface area contributed by atoms with Gasteiger partial charge in [-0.15, -0.1) is 0 Å². The van der Waals surface area contributed by atoms with Crippen molar-refractivity contribution in [3.63, 3.8) is 0 Å². The maximum atomic E-state index is 11.7. The summed E-state index contributed by atoms with van der Waals surface area (Å²) in [5.41, 5.74) is 0.930. The molecule has 1 aromatic carbocycles. The lowest BCUT2D eigenvalue weighted by molar-refractivity contribution is -0.153. The van der Waals surface area contributed by atoms with Crippen molar-refractivity contribution < 1.29 is 14.3 Å². The molecular weight excluding hydrogens is 216 g/mol. The Morgan fingerprint density at radius 3 is 2.41 bits per heavy atom. The molecular formula is C14H18O3. The summed E-state index contributed by atoms with van der Waals surface area (Å²) < 4.78 is 5.14. The Balaban J connectivity index is 2.50. The van der Waals surface area contributed by atoms with Gasteiger partial charge in [0.05, 0.1) is 0 Å². The van der Waals surface area contributed by atoms with Crippen LogP contribution in [-0.4, -0.2) is 11.8 Å². The number of carbonyl (C=O) groups excluding carboxylic acids is 2. The Kier molecular flexibility index (Phi) is 5.40. The van der Waals surface area contributed by atoms with Gasteiger partial charge in [0.25, 0.3) is 0 Å². The van der Waals surface area contributed by atoms with Gasteiger partial charge in [0.15, 0.2) is 0 Å². The van der Waals surface area contributed by atoms with E-state index in [4.69, 9.17) is 4.74 Å². The van der Waals surface area contributed by atoms with Crippen molar-refractivity contribution in [1.82, 2.24) is 0 Å². The van der Waals surface area contributed by atoms with Gasteiger partial charge in [-0.2, -0.15) is 0 Å². The molecule has 17 heavy (non-hydrogen) atoms. The molecule has 0 spiro atoms. The molecule has 0 radical (unpaired) electrons. The molecule has 1 rings (SSSR count). The Bertz CT molecular complexity index is 370. The van der Waals surface area contributed by atoms with Gasteiger partial charge in [0.1, 0.15) is 18.3 Å². The third kappa shape index (κ3) is 4.39. The van der Waals surface area contributed by atoms with E-state index in [1.165, 1.54) is 6.92 Å². The summed E-state index contributed by atoms with van der Waals surface area (Å²) in [6.07, 6.45) is 1.35. The van der Waals surface area contributed by atoms with Gasteiger partial charge in [-0.3, -0.25) is 9.59 Å². The van der Waals surface area contributed by atoms with Crippen LogP contribution in [-0.2, 0) is 20.9 Å². The van der Waals surface area contributed by atoms with Crippen molar-refractivity contribution in [2.24, 2.45) is 5.92 Å². The molecule has 92 valence electrons. The quantitative estimate of drug-likeness (QED) is 0.561. The number of hydrogen-bond donors (Lipinski definition) is 0. The summed E-state index contributed by atoms with van der Waals surface area (Å²) >= 11 is 0. The molecule has 3 nitrogen and oxygen atoms in total. The number of hydrogen-bond acceptors (Lipinski definition) is 3. The number of benzene rings is 1. The smallest absolute Gasteiger partial charge is 0.316 e. The topological polar surface area (TPSA) is 43.4 Å². The molecule has 0 N–H and O–H groups in total. The molecule has 3 heteroatoms. The number of Topliss-reactive ketones (excluding diaryl/α,β-unsaturated/α-hetero) is 1. The summed E-state index contributed by atoms with van der Waals surface area (Å²) in [7, 11) is 0. The van der Waals surface area contributed by atoms with Gasteiger partial charge in [0, 0.05) is 0 Å². The number of esters is 1. The number of rotatable bonds is 6. The van der Waals surface area contributed by atoms with E-state index < -0.39 is 11.9 Å². The largest absolute Gasteiger partial charge is 0.460 e. The van der Waals surface area contributed by atoms with Gasteiger partial charge in [0.2, 0.25) is 0 Å². The average Bonchev–Trinajstić information content (AvgIpc) is 2.34. The minimum atomic E-state index is -0.608. The van der Waals surface area contributed by atoms with E-state index in [1.54, 1.807) is 0 Å². The first-order chi connectivity index (χ1) is 8.15. The van der Waals surface area contributed by atoms with Crippen LogP contribution in [0.3, 0.4) is 0 Å². The zero-order valence-electron chi connectivity index (χ0n) is 10.3. The predicted molar refractivity (Wildman–Crippen MR) is 65.3 cm³/mol. The second-order valence-corrected chi connectivity index (χ2v) is 4.05. The molecule has 0 bridgehead atoms. The lowest BCUT2D eigenvalue weighted by Gasteiger charge is -2.12. The molecule has 0 aromatic heterocycles. The molecule has 0 fully saturated rings. The molecule has 0 aliphatic rings. The maximum absolute atomic E-state index is 11.7. The van der Waals surface area contributed by atoms with E-state index in [2.05, 4.69) is 0 Å². The van der Waals surface area contributed by atoms with Crippen molar-refractivity contribution in [2.75, 3.05) is 0 Å². The van der Waals surface area contributed by atoms with Crippen LogP contribution in [0.5, 0.6) is 0 Å². The third-order valence-corrected chi connectivity index (χ3v) is 2.58. The van der Waals surface area contributed by atoms with Crippen LogP contribution in [0.15, 0.2) is 30.3 Å². The first kappa shape index (κ1) is 13.4. The van der Waals surface area contributed by atoms with Gasteiger partial charge in [-0.05, 0) is 18.9 Å². The zero-order chi connectivity index (χ0) is 12.7. The minimum Gasteiger partial charge on any atom is -0.460 e. The van der Waals surface area contributed by atoms with E-state index >= 15 is 0 Å². The second-order valence-electron chi connectivity index (χ2n) is 4.05. The molecule has 0 heterocycles. The van der Waals surface area contributed by atoms with Crippen LogP contribution in [0.4, 0.5) is 0 Å². The van der Waals surface area contributed by atoms with Gasteiger partial charge in [-0.1, -0.05) is 43.7 Å². The highest BCUT2D eigenvalue weighted by Gasteiger charge is 2.23. The van der Waals surface area contributed by atoms with E-state index in [0.29, 0.717) is 6.42 Å². The van der Waals surface area contributed by atoms with Crippen molar-refractivity contribution in [3.8, 4) is 0 Å². The van der Waals surface area contributed by atoms with Crippen LogP contribution in [0.2, 0.25) is 0 Å². The summed E-state index contributed by atoms with van der Waals surface area (Å²) in [5, 5.41) is 0. The van der Waals surface area contributed by atoms with Crippen molar-refractivity contribution >= 4 is 11.8 Å². The monoisotopic (exact) mass is 234 g/mol. The predicted octanol–water partition coefficient (Wildman–Crippen LogP) is 2.74. The van der Waals surface area contributed by atoms with E-state index in [1.807, 2.05) is 37.3 Å². The van der Waals surface area contributed by atoms with Crippen LogP contribution >= 0.6 is 0 Å². The highest BCUT2D eigenvalue weighted by Crippen LogP contribution is 2.11. The van der Waals surface area contributed by atoms with Gasteiger partial charge < -0.3 is 4.74 Å². The Morgan fingerprint density at radius 1 is 1.24 bits per heavy atom. The van der Waals surface area contributed by atoms with Crippen molar-refractivity contribution in [3.05, 3.63) is 35.9 Å². The molecule has 0 amide bonds. The zero-order valence-corrected chi connectivity index (χ0v) is 10.3. The summed E-state index contributed by atoms with van der Waals surface area (Å²) in [6.45, 7) is 3.61. The fourth-order valence-corrected chi connectivity index (χ4v) is 1.61. The Labute approximate surface area is 102 Å². The van der Waals surface area contributed by atoms with Crippen molar-refractivity contribution in [2.45, 2.75) is 33.3 Å². The van der Waals surface area contributed by atoms with E-state index in [9.17, 15) is 9.59 Å². The Morgan fingerprint density at radius 2 is 1.88 bits per heavy atom. The summed E-state index contributed by atoms with van der Waals surface area (Å²) in [5.74, 6) is -1.14. The SMILES string of the molecule is CCCC(C(C)=O)C(=O)OCc1ccccc1. The number of ketones is 1. The highest BCUT2D eigenvalue weighted by molar-refractivity contribution is 5.97. The standard InChI is InChI=1S/C14H18O3/c1-3-7-13(11(2)15)14(16)17-10-12-8-5-4-6-9-12/h4-6,8-9,13H,3,7,10H2,1-2H3. The normalized spacial score (nSPS) is 11.9. The average molecular weight is 234 g/mol. The van der Waals surface area contributed by atoms with Crippen LogP contribution < -0.4 is 0 Å². The fraction of sp³-hybridized carbons (Fsp3) is 0.429. The minimum absolute atomic E-state index is 0.120. The Hall–Kier alpha value is -1.64. The first-order valence-corrected chi connectivity index (χ1v) is 5.86. The molecule has 0 saturated heterocycles. The first-order valence-electron chi connectivity index (χ1n) is 5.86. The van der Waals surface area contributed by atoms with Gasteiger partial charge >= 0.3 is 5.97 Å². The van der Waals surface area contributed by atoms with E-state index in [0.717, 1.165) is 12.0 Å². The fourth-order valence-electron chi connectivity index (χ4n) is 1.61. The lowest BCUT2D eigenvalue weighted by atomic mass is 10.00. The molecule has 0 saturated carbocycles. The summed E-state index contributed by atoms with van der Waals surface area (Å²) in [4.78, 5) is 23.0. The maximum Gasteiger partial charge on any atom is 0.316 e. The van der Waals surface area contributed by atoms with Crippen molar-refractivity contribution in [1.29, 1.82) is 0 Å². The second kappa shape index (κ2) is 6.84. The van der Waals surface area contributed by atoms with Crippen LogP contribution in [0.25, 0.3) is 0 Å². The highest BCUT2D eigenvalue weighted by atomic mass is 16.5. The van der Waals surface area contributed by atoms with Crippen LogP contribution in [0, 0.1) is 5.92 Å². The van der Waals surface area contributed by atoms with E-state index in [-0.39, 0.29) is 12.4 Å². The molecule has 0 aliphatic heterocycles. The van der Waals surface area contributed by atoms with Gasteiger partial charge in [-0.25, -0.2) is 0 Å². The molecule has 1 aromatic rings. The molecule has 0 aliphatic carbocycles. The number of carbonyl (C=O) groups is 2. The molecule has 1 unspecified atom stereocenters. The summed E-state index contributed by atoms with van der Waals surface area (Å²) in [6, 6.07) is 9.45. The lowest BCUT2D eigenvalue weighted by Crippen LogP contribution is -2.24.